The van der Waals surface area contributed by atoms with Crippen LogP contribution in [0, 0.1) is 0 Å². The van der Waals surface area contributed by atoms with Gasteiger partial charge in [0.25, 0.3) is 0 Å². The predicted octanol–water partition coefficient (Wildman–Crippen LogP) is 0.375. The van der Waals surface area contributed by atoms with Crippen molar-refractivity contribution in [3.8, 4) is 0 Å². The highest BCUT2D eigenvalue weighted by Crippen LogP contribution is 2.21. The van der Waals surface area contributed by atoms with Gasteiger partial charge in [0, 0.05) is 26.6 Å². The van der Waals surface area contributed by atoms with Gasteiger partial charge in [0.2, 0.25) is 0 Å². The van der Waals surface area contributed by atoms with E-state index in [-0.39, 0.29) is 5.79 Å². The summed E-state index contributed by atoms with van der Waals surface area (Å²) in [7, 11) is 1.70. The van der Waals surface area contributed by atoms with Gasteiger partial charge < -0.3 is 19.5 Å². The molecule has 0 aliphatic carbocycles. The molecule has 0 spiro atoms. The second kappa shape index (κ2) is 5.54. The maximum atomic E-state index is 5.45. The van der Waals surface area contributed by atoms with Gasteiger partial charge in [0.15, 0.2) is 5.79 Å². The van der Waals surface area contributed by atoms with E-state index in [0.717, 1.165) is 26.1 Å². The van der Waals surface area contributed by atoms with Gasteiger partial charge in [-0.3, -0.25) is 0 Å². The summed E-state index contributed by atoms with van der Waals surface area (Å²) in [5, 5.41) is 3.25. The molecule has 1 N–H and O–H groups in total. The molecular formula is C9H19NO3. The van der Waals surface area contributed by atoms with Crippen LogP contribution in [-0.4, -0.2) is 45.8 Å². The first-order chi connectivity index (χ1) is 6.27. The first kappa shape index (κ1) is 10.9. The summed E-state index contributed by atoms with van der Waals surface area (Å²) < 4.78 is 15.8. The topological polar surface area (TPSA) is 39.7 Å². The van der Waals surface area contributed by atoms with Gasteiger partial charge in [-0.05, 0) is 6.92 Å². The van der Waals surface area contributed by atoms with Crippen molar-refractivity contribution in [2.45, 2.75) is 19.1 Å². The fourth-order valence-corrected chi connectivity index (χ4v) is 1.32. The zero-order valence-electron chi connectivity index (χ0n) is 8.47. The molecule has 13 heavy (non-hydrogen) atoms. The van der Waals surface area contributed by atoms with Crippen LogP contribution in [0.1, 0.15) is 13.3 Å². The minimum absolute atomic E-state index is 0.361. The van der Waals surface area contributed by atoms with Crippen LogP contribution in [0.3, 0.4) is 0 Å². The average molecular weight is 189 g/mol. The number of nitrogens with one attached hydrogen (secondary N) is 1. The number of hydrogen-bond acceptors (Lipinski definition) is 4. The number of hydrogen-bond donors (Lipinski definition) is 1. The van der Waals surface area contributed by atoms with E-state index in [4.69, 9.17) is 14.2 Å². The maximum Gasteiger partial charge on any atom is 0.166 e. The lowest BCUT2D eigenvalue weighted by Crippen LogP contribution is -2.32. The number of rotatable bonds is 6. The minimum atomic E-state index is -0.361. The SMILES string of the molecule is COCCNCCC1(C)OCCO1. The Morgan fingerprint density at radius 2 is 2.00 bits per heavy atom. The fourth-order valence-electron chi connectivity index (χ4n) is 1.32. The van der Waals surface area contributed by atoms with Crippen molar-refractivity contribution in [3.05, 3.63) is 0 Å². The Labute approximate surface area is 79.5 Å². The molecule has 1 heterocycles. The van der Waals surface area contributed by atoms with Crippen molar-refractivity contribution in [1.82, 2.24) is 5.32 Å². The van der Waals surface area contributed by atoms with Gasteiger partial charge in [-0.1, -0.05) is 0 Å². The molecule has 0 aromatic rings. The quantitative estimate of drug-likeness (QED) is 0.613. The molecule has 0 aromatic heterocycles. The van der Waals surface area contributed by atoms with Gasteiger partial charge in [-0.25, -0.2) is 0 Å². The molecule has 1 aliphatic heterocycles. The Morgan fingerprint density at radius 3 is 2.62 bits per heavy atom. The molecule has 0 unspecified atom stereocenters. The summed E-state index contributed by atoms with van der Waals surface area (Å²) >= 11 is 0. The van der Waals surface area contributed by atoms with E-state index in [1.54, 1.807) is 7.11 Å². The predicted molar refractivity (Wildman–Crippen MR) is 49.7 cm³/mol. The van der Waals surface area contributed by atoms with Gasteiger partial charge in [-0.15, -0.1) is 0 Å². The normalized spacial score (nSPS) is 20.8. The van der Waals surface area contributed by atoms with E-state index in [9.17, 15) is 0 Å². The zero-order chi connectivity index (χ0) is 9.57. The molecule has 1 aliphatic rings. The molecule has 1 fully saturated rings. The average Bonchev–Trinajstić information content (AvgIpc) is 2.53. The molecule has 1 rings (SSSR count). The molecule has 4 heteroatoms. The van der Waals surface area contributed by atoms with Gasteiger partial charge in [0.05, 0.1) is 19.8 Å². The van der Waals surface area contributed by atoms with Crippen LogP contribution in [0.5, 0.6) is 0 Å². The summed E-state index contributed by atoms with van der Waals surface area (Å²) in [5.41, 5.74) is 0. The lowest BCUT2D eigenvalue weighted by molar-refractivity contribution is -0.145. The van der Waals surface area contributed by atoms with Crippen molar-refractivity contribution in [1.29, 1.82) is 0 Å². The summed E-state index contributed by atoms with van der Waals surface area (Å²) in [4.78, 5) is 0. The minimum Gasteiger partial charge on any atom is -0.383 e. The third kappa shape index (κ3) is 4.04. The van der Waals surface area contributed by atoms with E-state index in [2.05, 4.69) is 5.32 Å². The number of ether oxygens (including phenoxy) is 3. The Hall–Kier alpha value is -0.160. The number of methoxy groups -OCH3 is 1. The highest BCUT2D eigenvalue weighted by Gasteiger charge is 2.29. The van der Waals surface area contributed by atoms with Crippen LogP contribution >= 0.6 is 0 Å². The van der Waals surface area contributed by atoms with Crippen molar-refractivity contribution in [3.63, 3.8) is 0 Å². The van der Waals surface area contributed by atoms with E-state index in [1.165, 1.54) is 0 Å². The summed E-state index contributed by atoms with van der Waals surface area (Å²) in [6, 6.07) is 0. The van der Waals surface area contributed by atoms with Crippen LogP contribution < -0.4 is 5.32 Å². The molecule has 0 aromatic carbocycles. The molecule has 0 amide bonds. The van der Waals surface area contributed by atoms with Gasteiger partial charge in [0.1, 0.15) is 0 Å². The summed E-state index contributed by atoms with van der Waals surface area (Å²) in [6.45, 7) is 5.95. The van der Waals surface area contributed by atoms with E-state index in [1.807, 2.05) is 6.92 Å². The molecule has 0 atom stereocenters. The highest BCUT2D eigenvalue weighted by atomic mass is 16.7. The highest BCUT2D eigenvalue weighted by molar-refractivity contribution is 4.69. The molecular weight excluding hydrogens is 170 g/mol. The molecule has 0 saturated carbocycles. The van der Waals surface area contributed by atoms with Crippen molar-refractivity contribution in [2.75, 3.05) is 40.0 Å². The van der Waals surface area contributed by atoms with Crippen LogP contribution in [0.4, 0.5) is 0 Å². The smallest absolute Gasteiger partial charge is 0.166 e. The summed E-state index contributed by atoms with van der Waals surface area (Å²) in [5.74, 6) is -0.361. The monoisotopic (exact) mass is 189 g/mol. The third-order valence-electron chi connectivity index (χ3n) is 2.14. The van der Waals surface area contributed by atoms with Crippen molar-refractivity contribution < 1.29 is 14.2 Å². The van der Waals surface area contributed by atoms with Crippen LogP contribution in [0.25, 0.3) is 0 Å². The van der Waals surface area contributed by atoms with Crippen molar-refractivity contribution >= 4 is 0 Å². The summed E-state index contributed by atoms with van der Waals surface area (Å²) in [6.07, 6.45) is 0.886. The Kier molecular flexibility index (Phi) is 4.66. The molecule has 4 nitrogen and oxygen atoms in total. The maximum absolute atomic E-state index is 5.45. The largest absolute Gasteiger partial charge is 0.383 e. The van der Waals surface area contributed by atoms with Crippen LogP contribution in [-0.2, 0) is 14.2 Å². The third-order valence-corrected chi connectivity index (χ3v) is 2.14. The zero-order valence-corrected chi connectivity index (χ0v) is 8.47. The molecule has 0 radical (unpaired) electrons. The molecule has 0 bridgehead atoms. The Balaban J connectivity index is 1.98. The second-order valence-electron chi connectivity index (χ2n) is 3.32. The van der Waals surface area contributed by atoms with Crippen LogP contribution in [0.15, 0.2) is 0 Å². The second-order valence-corrected chi connectivity index (χ2v) is 3.32. The van der Waals surface area contributed by atoms with Crippen LogP contribution in [0.2, 0.25) is 0 Å². The Bertz CT molecular complexity index is 135. The van der Waals surface area contributed by atoms with E-state index >= 15 is 0 Å². The first-order valence-electron chi connectivity index (χ1n) is 4.74. The standard InChI is InChI=1S/C9H19NO3/c1-9(12-7-8-13-9)3-4-10-5-6-11-2/h10H,3-8H2,1-2H3. The molecule has 78 valence electrons. The fraction of sp³-hybridized carbons (Fsp3) is 1.00. The van der Waals surface area contributed by atoms with E-state index in [0.29, 0.717) is 13.2 Å². The molecule has 1 saturated heterocycles. The lowest BCUT2D eigenvalue weighted by Gasteiger charge is -2.22. The Morgan fingerprint density at radius 1 is 1.31 bits per heavy atom. The lowest BCUT2D eigenvalue weighted by atomic mass is 10.2. The first-order valence-corrected chi connectivity index (χ1v) is 4.74. The van der Waals surface area contributed by atoms with Gasteiger partial charge in [-0.2, -0.15) is 0 Å². The van der Waals surface area contributed by atoms with Gasteiger partial charge >= 0.3 is 0 Å². The van der Waals surface area contributed by atoms with E-state index < -0.39 is 0 Å². The van der Waals surface area contributed by atoms with Crippen molar-refractivity contribution in [2.24, 2.45) is 0 Å².